The summed E-state index contributed by atoms with van der Waals surface area (Å²) in [6, 6.07) is 4.78. The largest absolute Gasteiger partial charge is 0.508 e. The number of hydrogen-bond acceptors (Lipinski definition) is 3. The van der Waals surface area contributed by atoms with E-state index in [0.717, 1.165) is 31.6 Å². The van der Waals surface area contributed by atoms with Crippen LogP contribution in [0.2, 0.25) is 0 Å². The van der Waals surface area contributed by atoms with Gasteiger partial charge in [-0.3, -0.25) is 0 Å². The molecule has 0 heterocycles. The van der Waals surface area contributed by atoms with Crippen LogP contribution in [0.25, 0.3) is 0 Å². The first kappa shape index (κ1) is 16.8. The van der Waals surface area contributed by atoms with E-state index in [9.17, 15) is 5.11 Å². The normalized spacial score (nSPS) is 9.72. The SMILES string of the molecule is CCCCCc1ccc(O)cc1O.CCOCC. The average molecular weight is 254 g/mol. The number of aromatic hydroxyl groups is 2. The minimum Gasteiger partial charge on any atom is -0.508 e. The zero-order valence-corrected chi connectivity index (χ0v) is 11.8. The Labute approximate surface area is 110 Å². The predicted molar refractivity (Wildman–Crippen MR) is 75.2 cm³/mol. The number of rotatable bonds is 6. The molecule has 1 rings (SSSR count). The molecule has 104 valence electrons. The third-order valence-electron chi connectivity index (χ3n) is 2.53. The van der Waals surface area contributed by atoms with E-state index in [1.54, 1.807) is 12.1 Å². The molecule has 0 aliphatic rings. The van der Waals surface area contributed by atoms with Gasteiger partial charge in [0.1, 0.15) is 11.5 Å². The third-order valence-corrected chi connectivity index (χ3v) is 2.53. The second kappa shape index (κ2) is 10.9. The van der Waals surface area contributed by atoms with Crippen molar-refractivity contribution < 1.29 is 14.9 Å². The van der Waals surface area contributed by atoms with Gasteiger partial charge in [0, 0.05) is 19.3 Å². The lowest BCUT2D eigenvalue weighted by Crippen LogP contribution is -1.85. The summed E-state index contributed by atoms with van der Waals surface area (Å²) in [5.74, 6) is 0.327. The van der Waals surface area contributed by atoms with Crippen molar-refractivity contribution in [3.63, 3.8) is 0 Å². The maximum Gasteiger partial charge on any atom is 0.122 e. The van der Waals surface area contributed by atoms with Crippen molar-refractivity contribution in [2.75, 3.05) is 13.2 Å². The lowest BCUT2D eigenvalue weighted by molar-refractivity contribution is 0.162. The van der Waals surface area contributed by atoms with Crippen LogP contribution in [0.3, 0.4) is 0 Å². The number of ether oxygens (including phenoxy) is 1. The van der Waals surface area contributed by atoms with Crippen molar-refractivity contribution in [1.29, 1.82) is 0 Å². The first-order chi connectivity index (χ1) is 8.65. The molecule has 0 fully saturated rings. The number of phenolic OH excluding ortho intramolecular Hbond substituents is 2. The van der Waals surface area contributed by atoms with E-state index in [4.69, 9.17) is 9.84 Å². The van der Waals surface area contributed by atoms with E-state index in [0.29, 0.717) is 0 Å². The van der Waals surface area contributed by atoms with Crippen molar-refractivity contribution in [2.24, 2.45) is 0 Å². The fourth-order valence-corrected chi connectivity index (χ4v) is 1.53. The molecule has 0 spiro atoms. The van der Waals surface area contributed by atoms with Crippen molar-refractivity contribution in [3.8, 4) is 11.5 Å². The van der Waals surface area contributed by atoms with Crippen LogP contribution in [0.15, 0.2) is 18.2 Å². The number of benzene rings is 1. The quantitative estimate of drug-likeness (QED) is 0.758. The van der Waals surface area contributed by atoms with E-state index in [1.165, 1.54) is 18.9 Å². The smallest absolute Gasteiger partial charge is 0.122 e. The standard InChI is InChI=1S/C11H16O2.C4H10O/c1-2-3-4-5-9-6-7-10(12)8-11(9)13;1-3-5-4-2/h6-8,12-13H,2-5H2,1H3;3-4H2,1-2H3. The highest BCUT2D eigenvalue weighted by molar-refractivity contribution is 5.38. The van der Waals surface area contributed by atoms with E-state index >= 15 is 0 Å². The fourth-order valence-electron chi connectivity index (χ4n) is 1.53. The van der Waals surface area contributed by atoms with Crippen molar-refractivity contribution in [1.82, 2.24) is 0 Å². The molecule has 0 atom stereocenters. The summed E-state index contributed by atoms with van der Waals surface area (Å²) < 4.78 is 4.83. The Kier molecular flexibility index (Phi) is 10.2. The van der Waals surface area contributed by atoms with E-state index < -0.39 is 0 Å². The van der Waals surface area contributed by atoms with Gasteiger partial charge in [0.05, 0.1) is 0 Å². The molecule has 2 N–H and O–H groups in total. The number of unbranched alkanes of at least 4 members (excludes halogenated alkanes) is 2. The topological polar surface area (TPSA) is 49.7 Å². The molecule has 0 unspecified atom stereocenters. The molecule has 3 nitrogen and oxygen atoms in total. The first-order valence-electron chi connectivity index (χ1n) is 6.74. The Morgan fingerprint density at radius 2 is 1.67 bits per heavy atom. The molecular weight excluding hydrogens is 228 g/mol. The Bertz CT molecular complexity index is 309. The van der Waals surface area contributed by atoms with Gasteiger partial charge in [-0.05, 0) is 38.3 Å². The van der Waals surface area contributed by atoms with Crippen LogP contribution >= 0.6 is 0 Å². The van der Waals surface area contributed by atoms with Gasteiger partial charge in [0.15, 0.2) is 0 Å². The molecule has 0 saturated heterocycles. The van der Waals surface area contributed by atoms with Crippen molar-refractivity contribution in [2.45, 2.75) is 46.5 Å². The lowest BCUT2D eigenvalue weighted by atomic mass is 10.1. The molecule has 0 saturated carbocycles. The third kappa shape index (κ3) is 7.96. The molecule has 0 aliphatic heterocycles. The molecular formula is C15H26O3. The van der Waals surface area contributed by atoms with Gasteiger partial charge in [-0.25, -0.2) is 0 Å². The highest BCUT2D eigenvalue weighted by Crippen LogP contribution is 2.23. The summed E-state index contributed by atoms with van der Waals surface area (Å²) >= 11 is 0. The van der Waals surface area contributed by atoms with Gasteiger partial charge < -0.3 is 14.9 Å². The Balaban J connectivity index is 0.000000494. The Morgan fingerprint density at radius 3 is 2.11 bits per heavy atom. The molecule has 0 aromatic heterocycles. The van der Waals surface area contributed by atoms with Crippen LogP contribution in [0, 0.1) is 0 Å². The summed E-state index contributed by atoms with van der Waals surface area (Å²) in [7, 11) is 0. The number of hydrogen-bond donors (Lipinski definition) is 2. The van der Waals surface area contributed by atoms with E-state index in [1.807, 2.05) is 13.8 Å². The summed E-state index contributed by atoms with van der Waals surface area (Å²) in [6.45, 7) is 7.82. The maximum absolute atomic E-state index is 9.43. The van der Waals surface area contributed by atoms with Crippen LogP contribution in [0.5, 0.6) is 11.5 Å². The summed E-state index contributed by atoms with van der Waals surface area (Å²) in [5.41, 5.74) is 0.922. The van der Waals surface area contributed by atoms with Crippen LogP contribution in [0.4, 0.5) is 0 Å². The molecule has 0 amide bonds. The first-order valence-corrected chi connectivity index (χ1v) is 6.74. The summed E-state index contributed by atoms with van der Waals surface area (Å²) in [6.07, 6.45) is 4.34. The zero-order valence-electron chi connectivity index (χ0n) is 11.8. The molecule has 18 heavy (non-hydrogen) atoms. The lowest BCUT2D eigenvalue weighted by Gasteiger charge is -2.03. The van der Waals surface area contributed by atoms with Crippen molar-refractivity contribution in [3.05, 3.63) is 23.8 Å². The Morgan fingerprint density at radius 1 is 1.00 bits per heavy atom. The minimum absolute atomic E-state index is 0.122. The van der Waals surface area contributed by atoms with Gasteiger partial charge in [-0.15, -0.1) is 0 Å². The number of aryl methyl sites for hydroxylation is 1. The molecule has 1 aromatic carbocycles. The van der Waals surface area contributed by atoms with Crippen LogP contribution < -0.4 is 0 Å². The van der Waals surface area contributed by atoms with Crippen LogP contribution in [-0.2, 0) is 11.2 Å². The highest BCUT2D eigenvalue weighted by atomic mass is 16.5. The molecule has 1 aromatic rings. The van der Waals surface area contributed by atoms with Gasteiger partial charge in [0.2, 0.25) is 0 Å². The fraction of sp³-hybridized carbons (Fsp3) is 0.600. The van der Waals surface area contributed by atoms with Gasteiger partial charge >= 0.3 is 0 Å². The summed E-state index contributed by atoms with van der Waals surface area (Å²) in [4.78, 5) is 0. The monoisotopic (exact) mass is 254 g/mol. The zero-order chi connectivity index (χ0) is 13.8. The minimum atomic E-state index is 0.122. The van der Waals surface area contributed by atoms with E-state index in [-0.39, 0.29) is 11.5 Å². The summed E-state index contributed by atoms with van der Waals surface area (Å²) in [5, 5.41) is 18.5. The molecule has 3 heteroatoms. The van der Waals surface area contributed by atoms with Gasteiger partial charge in [-0.2, -0.15) is 0 Å². The molecule has 0 bridgehead atoms. The van der Waals surface area contributed by atoms with Crippen LogP contribution in [0.1, 0.15) is 45.6 Å². The highest BCUT2D eigenvalue weighted by Gasteiger charge is 2.01. The molecule has 0 aliphatic carbocycles. The second-order valence-electron chi connectivity index (χ2n) is 4.05. The second-order valence-corrected chi connectivity index (χ2v) is 4.05. The molecule has 0 radical (unpaired) electrons. The maximum atomic E-state index is 9.43. The average Bonchev–Trinajstić information content (AvgIpc) is 2.34. The number of phenols is 2. The van der Waals surface area contributed by atoms with Gasteiger partial charge in [0.25, 0.3) is 0 Å². The predicted octanol–water partition coefficient (Wildman–Crippen LogP) is 3.87. The van der Waals surface area contributed by atoms with Crippen LogP contribution in [-0.4, -0.2) is 23.4 Å². The Hall–Kier alpha value is -1.22. The van der Waals surface area contributed by atoms with E-state index in [2.05, 4.69) is 6.92 Å². The van der Waals surface area contributed by atoms with Gasteiger partial charge in [-0.1, -0.05) is 25.8 Å². The van der Waals surface area contributed by atoms with Crippen molar-refractivity contribution >= 4 is 0 Å².